The van der Waals surface area contributed by atoms with Gasteiger partial charge < -0.3 is 15.3 Å². The van der Waals surface area contributed by atoms with E-state index in [0.29, 0.717) is 6.54 Å². The van der Waals surface area contributed by atoms with E-state index < -0.39 is 0 Å². The molecule has 0 saturated heterocycles. The first kappa shape index (κ1) is 13.0. The molecule has 3 N–H and O–H groups in total. The molecule has 0 fully saturated rings. The minimum Gasteiger partial charge on any atom is -0.347 e. The van der Waals surface area contributed by atoms with Crippen molar-refractivity contribution in [2.24, 2.45) is 5.73 Å². The summed E-state index contributed by atoms with van der Waals surface area (Å²) in [6.45, 7) is 1.62. The van der Waals surface area contributed by atoms with Gasteiger partial charge in [0.15, 0.2) is 5.65 Å². The van der Waals surface area contributed by atoms with E-state index in [9.17, 15) is 0 Å². The van der Waals surface area contributed by atoms with Crippen LogP contribution in [0.3, 0.4) is 0 Å². The number of nitrogens with two attached hydrogens (primary N) is 1. The van der Waals surface area contributed by atoms with E-state index >= 15 is 0 Å². The molecular weight excluding hydrogens is 274 g/mol. The molecule has 0 atom stereocenters. The molecular formula is C17H17N5. The third-order valence-electron chi connectivity index (χ3n) is 3.94. The van der Waals surface area contributed by atoms with Crippen molar-refractivity contribution < 1.29 is 0 Å². The zero-order valence-electron chi connectivity index (χ0n) is 12.2. The first-order valence-electron chi connectivity index (χ1n) is 7.45. The molecule has 5 nitrogen and oxygen atoms in total. The van der Waals surface area contributed by atoms with Gasteiger partial charge in [-0.3, -0.25) is 4.98 Å². The van der Waals surface area contributed by atoms with Crippen LogP contribution >= 0.6 is 0 Å². The third kappa shape index (κ3) is 2.07. The van der Waals surface area contributed by atoms with Gasteiger partial charge in [-0.15, -0.1) is 0 Å². The van der Waals surface area contributed by atoms with E-state index in [1.165, 1.54) is 16.5 Å². The third-order valence-corrected chi connectivity index (χ3v) is 3.94. The van der Waals surface area contributed by atoms with Gasteiger partial charge in [0.2, 0.25) is 0 Å². The Labute approximate surface area is 127 Å². The number of para-hydroxylation sites is 1. The molecule has 22 heavy (non-hydrogen) atoms. The molecule has 1 aromatic carbocycles. The van der Waals surface area contributed by atoms with Gasteiger partial charge in [0.25, 0.3) is 0 Å². The lowest BCUT2D eigenvalue weighted by atomic mass is 10.1. The highest BCUT2D eigenvalue weighted by Gasteiger charge is 2.12. The number of hydrogen-bond donors (Lipinski definition) is 2. The maximum absolute atomic E-state index is 5.65. The predicted molar refractivity (Wildman–Crippen MR) is 88.5 cm³/mol. The van der Waals surface area contributed by atoms with Crippen LogP contribution in [0, 0.1) is 0 Å². The molecule has 3 heterocycles. The highest BCUT2D eigenvalue weighted by molar-refractivity contribution is 5.97. The second-order valence-electron chi connectivity index (χ2n) is 5.37. The Hall–Kier alpha value is -2.66. The van der Waals surface area contributed by atoms with Crippen LogP contribution in [0.25, 0.3) is 33.3 Å². The number of H-pyrrole nitrogens is 1. The van der Waals surface area contributed by atoms with Crippen molar-refractivity contribution in [1.82, 2.24) is 19.5 Å². The number of nitrogens with zero attached hydrogens (tertiary/aromatic N) is 3. The Morgan fingerprint density at radius 3 is 2.86 bits per heavy atom. The summed E-state index contributed by atoms with van der Waals surface area (Å²) in [7, 11) is 0. The fourth-order valence-electron chi connectivity index (χ4n) is 2.90. The van der Waals surface area contributed by atoms with E-state index in [2.05, 4.69) is 56.0 Å². The van der Waals surface area contributed by atoms with Gasteiger partial charge in [-0.05, 0) is 25.1 Å². The van der Waals surface area contributed by atoms with Crippen molar-refractivity contribution >= 4 is 22.1 Å². The smallest absolute Gasteiger partial charge is 0.156 e. The summed E-state index contributed by atoms with van der Waals surface area (Å²) in [6, 6.07) is 10.5. The Kier molecular flexibility index (Phi) is 3.12. The predicted octanol–water partition coefficient (Wildman–Crippen LogP) is 2.93. The number of rotatable bonds is 4. The summed E-state index contributed by atoms with van der Waals surface area (Å²) in [4.78, 5) is 12.0. The Bertz CT molecular complexity index is 901. The van der Waals surface area contributed by atoms with Crippen LogP contribution in [-0.2, 0) is 6.54 Å². The molecule has 0 aliphatic heterocycles. The standard InChI is InChI=1S/C17H17N5/c18-6-3-9-22-11-13(12-4-1-2-5-16(12)22)14-10-15-17(21-14)20-8-7-19-15/h1-2,4-5,7-8,10-11H,3,6,9,18H2,(H,20,21). The molecule has 0 radical (unpaired) electrons. The zero-order valence-corrected chi connectivity index (χ0v) is 12.2. The van der Waals surface area contributed by atoms with Gasteiger partial charge >= 0.3 is 0 Å². The van der Waals surface area contributed by atoms with Crippen LogP contribution in [0.1, 0.15) is 6.42 Å². The zero-order chi connectivity index (χ0) is 14.9. The number of hydrogen-bond acceptors (Lipinski definition) is 3. The van der Waals surface area contributed by atoms with E-state index in [4.69, 9.17) is 5.73 Å². The van der Waals surface area contributed by atoms with Gasteiger partial charge in [0.05, 0.1) is 5.69 Å². The summed E-state index contributed by atoms with van der Waals surface area (Å²) in [5, 5.41) is 1.23. The Morgan fingerprint density at radius 2 is 2.00 bits per heavy atom. The first-order chi connectivity index (χ1) is 10.9. The second kappa shape index (κ2) is 5.27. The van der Waals surface area contributed by atoms with Crippen molar-refractivity contribution in [3.8, 4) is 11.3 Å². The van der Waals surface area contributed by atoms with E-state index in [0.717, 1.165) is 29.8 Å². The van der Waals surface area contributed by atoms with E-state index in [1.807, 2.05) is 0 Å². The molecule has 3 aromatic heterocycles. The number of fused-ring (bicyclic) bond motifs is 2. The minimum atomic E-state index is 0.696. The summed E-state index contributed by atoms with van der Waals surface area (Å²) in [5.74, 6) is 0. The number of aromatic nitrogens is 4. The molecule has 110 valence electrons. The Morgan fingerprint density at radius 1 is 1.14 bits per heavy atom. The van der Waals surface area contributed by atoms with Crippen molar-refractivity contribution in [1.29, 1.82) is 0 Å². The fourth-order valence-corrected chi connectivity index (χ4v) is 2.90. The van der Waals surface area contributed by atoms with Crippen molar-refractivity contribution in [2.75, 3.05) is 6.54 Å². The van der Waals surface area contributed by atoms with Crippen LogP contribution in [-0.4, -0.2) is 26.1 Å². The monoisotopic (exact) mass is 291 g/mol. The molecule has 0 spiro atoms. The van der Waals surface area contributed by atoms with Crippen LogP contribution in [0.4, 0.5) is 0 Å². The van der Waals surface area contributed by atoms with Crippen LogP contribution in [0.5, 0.6) is 0 Å². The molecule has 0 bridgehead atoms. The van der Waals surface area contributed by atoms with Crippen molar-refractivity contribution in [3.63, 3.8) is 0 Å². The minimum absolute atomic E-state index is 0.696. The van der Waals surface area contributed by atoms with Gasteiger partial charge in [-0.1, -0.05) is 18.2 Å². The second-order valence-corrected chi connectivity index (χ2v) is 5.37. The van der Waals surface area contributed by atoms with E-state index in [1.54, 1.807) is 12.4 Å². The largest absolute Gasteiger partial charge is 0.347 e. The lowest BCUT2D eigenvalue weighted by Crippen LogP contribution is -2.04. The highest BCUT2D eigenvalue weighted by Crippen LogP contribution is 2.31. The van der Waals surface area contributed by atoms with Crippen molar-refractivity contribution in [3.05, 3.63) is 48.9 Å². The molecule has 4 aromatic rings. The number of benzene rings is 1. The van der Waals surface area contributed by atoms with Gasteiger partial charge in [-0.2, -0.15) is 0 Å². The van der Waals surface area contributed by atoms with Crippen LogP contribution in [0.2, 0.25) is 0 Å². The normalized spacial score (nSPS) is 11.5. The average Bonchev–Trinajstić information content (AvgIpc) is 3.14. The number of aryl methyl sites for hydroxylation is 1. The lowest BCUT2D eigenvalue weighted by molar-refractivity contribution is 0.671. The summed E-state index contributed by atoms with van der Waals surface area (Å²) >= 11 is 0. The maximum Gasteiger partial charge on any atom is 0.156 e. The summed E-state index contributed by atoms with van der Waals surface area (Å²) in [6.07, 6.45) is 6.57. The van der Waals surface area contributed by atoms with Crippen LogP contribution < -0.4 is 5.73 Å². The highest BCUT2D eigenvalue weighted by atomic mass is 15.0. The molecule has 5 heteroatoms. The SMILES string of the molecule is NCCCn1cc(-c2cc3nccnc3[nH]2)c2ccccc21. The fraction of sp³-hybridized carbons (Fsp3) is 0.176. The molecule has 0 aliphatic rings. The quantitative estimate of drug-likeness (QED) is 0.607. The first-order valence-corrected chi connectivity index (χ1v) is 7.45. The average molecular weight is 291 g/mol. The lowest BCUT2D eigenvalue weighted by Gasteiger charge is -2.02. The molecule has 0 saturated carbocycles. The van der Waals surface area contributed by atoms with Crippen molar-refractivity contribution in [2.45, 2.75) is 13.0 Å². The molecule has 4 rings (SSSR count). The Balaban J connectivity index is 1.90. The van der Waals surface area contributed by atoms with Gasteiger partial charge in [-0.25, -0.2) is 4.98 Å². The summed E-state index contributed by atoms with van der Waals surface area (Å²) < 4.78 is 2.27. The molecule has 0 unspecified atom stereocenters. The molecule has 0 aliphatic carbocycles. The van der Waals surface area contributed by atoms with Gasteiger partial charge in [0.1, 0.15) is 5.52 Å². The topological polar surface area (TPSA) is 72.5 Å². The molecule has 0 amide bonds. The van der Waals surface area contributed by atoms with Crippen LogP contribution in [0.15, 0.2) is 48.9 Å². The number of aromatic amines is 1. The van der Waals surface area contributed by atoms with Gasteiger partial charge in [0, 0.05) is 41.6 Å². The maximum atomic E-state index is 5.65. The summed E-state index contributed by atoms with van der Waals surface area (Å²) in [5.41, 5.74) is 10.8. The number of nitrogens with one attached hydrogen (secondary N) is 1. The van der Waals surface area contributed by atoms with E-state index in [-0.39, 0.29) is 0 Å².